The molecule has 8 nitrogen and oxygen atoms in total. The molecule has 4 rings (SSSR count). The van der Waals surface area contributed by atoms with Gasteiger partial charge in [0.2, 0.25) is 11.5 Å². The fourth-order valence-electron chi connectivity index (χ4n) is 5.83. The van der Waals surface area contributed by atoms with Crippen LogP contribution in [0.15, 0.2) is 39.6 Å². The number of methoxy groups -OCH3 is 2. The van der Waals surface area contributed by atoms with E-state index in [2.05, 4.69) is 6.58 Å². The Balaban J connectivity index is 1.68. The molecule has 2 saturated carbocycles. The smallest absolute Gasteiger partial charge is 0.336 e. The number of Topliss-reactive ketones (excluding diaryl/α,β-unsaturated/α-hetero) is 1. The first-order valence-corrected chi connectivity index (χ1v) is 11.8. The van der Waals surface area contributed by atoms with E-state index in [-0.39, 0.29) is 41.5 Å². The van der Waals surface area contributed by atoms with E-state index < -0.39 is 23.1 Å². The Labute approximate surface area is 204 Å². The van der Waals surface area contributed by atoms with Crippen molar-refractivity contribution in [3.05, 3.63) is 40.8 Å². The molecule has 0 bridgehead atoms. The maximum Gasteiger partial charge on any atom is 0.336 e. The molecule has 1 heterocycles. The third-order valence-electron chi connectivity index (χ3n) is 7.60. The molecule has 0 spiro atoms. The van der Waals surface area contributed by atoms with Gasteiger partial charge in [0, 0.05) is 29.7 Å². The lowest BCUT2D eigenvalue weighted by Gasteiger charge is -2.51. The summed E-state index contributed by atoms with van der Waals surface area (Å²) >= 11 is 0. The predicted molar refractivity (Wildman–Crippen MR) is 129 cm³/mol. The third kappa shape index (κ3) is 4.42. The van der Waals surface area contributed by atoms with E-state index in [9.17, 15) is 14.4 Å². The Bertz CT molecular complexity index is 1220. The highest BCUT2D eigenvalue weighted by Crippen LogP contribution is 2.53. The Morgan fingerprint density at radius 1 is 1.17 bits per heavy atom. The molecule has 35 heavy (non-hydrogen) atoms. The minimum absolute atomic E-state index is 0.0333. The number of carbonyl (C=O) groups is 2. The molecule has 2 unspecified atom stereocenters. The van der Waals surface area contributed by atoms with Gasteiger partial charge in [0.1, 0.15) is 0 Å². The molecule has 0 amide bonds. The van der Waals surface area contributed by atoms with Crippen LogP contribution in [0.25, 0.3) is 11.0 Å². The summed E-state index contributed by atoms with van der Waals surface area (Å²) in [4.78, 5) is 36.7. The Morgan fingerprint density at radius 2 is 1.91 bits per heavy atom. The molecular formula is C27H32O8. The molecule has 1 aromatic heterocycles. The average molecular weight is 485 g/mol. The highest BCUT2D eigenvalue weighted by atomic mass is 16.5. The number of ketones is 1. The van der Waals surface area contributed by atoms with Gasteiger partial charge in [0.15, 0.2) is 23.2 Å². The van der Waals surface area contributed by atoms with Crippen LogP contribution in [0.1, 0.15) is 40.0 Å². The minimum Gasteiger partial charge on any atom is -0.493 e. The number of rotatable bonds is 6. The van der Waals surface area contributed by atoms with Gasteiger partial charge < -0.3 is 23.4 Å². The van der Waals surface area contributed by atoms with Crippen LogP contribution in [0.4, 0.5) is 0 Å². The van der Waals surface area contributed by atoms with Crippen molar-refractivity contribution in [1.29, 1.82) is 0 Å². The maximum absolute atomic E-state index is 13.1. The highest BCUT2D eigenvalue weighted by molar-refractivity contribution is 5.91. The van der Waals surface area contributed by atoms with Crippen LogP contribution in [-0.4, -0.2) is 38.7 Å². The molecule has 1 aromatic carbocycles. The largest absolute Gasteiger partial charge is 0.493 e. The van der Waals surface area contributed by atoms with Crippen molar-refractivity contribution in [1.82, 2.24) is 0 Å². The molecule has 0 N–H and O–H groups in total. The van der Waals surface area contributed by atoms with E-state index in [1.54, 1.807) is 12.1 Å². The zero-order valence-electron chi connectivity index (χ0n) is 20.8. The lowest BCUT2D eigenvalue weighted by molar-refractivity contribution is -0.167. The summed E-state index contributed by atoms with van der Waals surface area (Å²) in [6.45, 7) is 9.76. The molecular weight excluding hydrogens is 452 g/mol. The van der Waals surface area contributed by atoms with Crippen molar-refractivity contribution in [2.75, 3.05) is 20.8 Å². The third-order valence-corrected chi connectivity index (χ3v) is 7.60. The number of esters is 1. The van der Waals surface area contributed by atoms with E-state index >= 15 is 0 Å². The fourth-order valence-corrected chi connectivity index (χ4v) is 5.83. The summed E-state index contributed by atoms with van der Waals surface area (Å²) in [5.74, 6) is 0.621. The molecule has 2 aliphatic carbocycles. The van der Waals surface area contributed by atoms with E-state index in [1.165, 1.54) is 27.2 Å². The first-order valence-electron chi connectivity index (χ1n) is 11.8. The van der Waals surface area contributed by atoms with Crippen molar-refractivity contribution in [2.24, 2.45) is 23.2 Å². The normalized spacial score (nSPS) is 25.6. The number of hydrogen-bond acceptors (Lipinski definition) is 8. The number of carbonyl (C=O) groups excluding carboxylic acids is 2. The quantitative estimate of drug-likeness (QED) is 0.339. The second kappa shape index (κ2) is 9.40. The second-order valence-corrected chi connectivity index (χ2v) is 9.92. The summed E-state index contributed by atoms with van der Waals surface area (Å²) in [5, 5.41) is 0.643. The van der Waals surface area contributed by atoms with Gasteiger partial charge in [0.05, 0.1) is 20.8 Å². The number of ether oxygens (including phenoxy) is 4. The van der Waals surface area contributed by atoms with E-state index in [1.807, 2.05) is 13.8 Å². The molecule has 8 heteroatoms. The predicted octanol–water partition coefficient (Wildman–Crippen LogP) is 4.32. The highest BCUT2D eigenvalue weighted by Gasteiger charge is 2.54. The van der Waals surface area contributed by atoms with Crippen LogP contribution in [0.3, 0.4) is 0 Å². The summed E-state index contributed by atoms with van der Waals surface area (Å²) in [6.07, 6.45) is 1.28. The molecule has 2 fully saturated rings. The van der Waals surface area contributed by atoms with Crippen LogP contribution in [-0.2, 0) is 14.3 Å². The van der Waals surface area contributed by atoms with E-state index in [0.29, 0.717) is 23.3 Å². The minimum atomic E-state index is -0.781. The standard InChI is InChI=1S/C27H32O8/c1-14-7-9-19-17(12-21(34-15(2)28)26(30)27(19,3)4)18(14)13-33-24-20(31-5)11-16-8-10-22(29)35-23(16)25(24)32-6/h8,10-11,17-19,21H,1,7,9,12-13H2,2-6H3/t17?,18-,19?,21+/m0/s1. The molecule has 2 aromatic rings. The van der Waals surface area contributed by atoms with Crippen LogP contribution < -0.4 is 19.8 Å². The molecule has 4 atom stereocenters. The van der Waals surface area contributed by atoms with Crippen molar-refractivity contribution < 1.29 is 33.0 Å². The van der Waals surface area contributed by atoms with Gasteiger partial charge >= 0.3 is 11.6 Å². The molecule has 0 radical (unpaired) electrons. The zero-order valence-corrected chi connectivity index (χ0v) is 20.8. The first kappa shape index (κ1) is 24.8. The Morgan fingerprint density at radius 3 is 2.57 bits per heavy atom. The Kier molecular flexibility index (Phi) is 6.66. The zero-order chi connectivity index (χ0) is 25.5. The van der Waals surface area contributed by atoms with Gasteiger partial charge in [-0.1, -0.05) is 26.0 Å². The molecule has 0 saturated heterocycles. The van der Waals surface area contributed by atoms with Gasteiger partial charge in [0.25, 0.3) is 0 Å². The van der Waals surface area contributed by atoms with Crippen molar-refractivity contribution in [2.45, 2.75) is 46.1 Å². The molecule has 2 aliphatic rings. The topological polar surface area (TPSA) is 101 Å². The maximum atomic E-state index is 13.1. The average Bonchev–Trinajstić information content (AvgIpc) is 2.80. The van der Waals surface area contributed by atoms with Gasteiger partial charge in [-0.05, 0) is 43.2 Å². The Hall–Kier alpha value is -3.29. The van der Waals surface area contributed by atoms with Gasteiger partial charge in [-0.15, -0.1) is 0 Å². The van der Waals surface area contributed by atoms with Crippen LogP contribution >= 0.6 is 0 Å². The lowest BCUT2D eigenvalue weighted by Crippen LogP contribution is -2.54. The fraction of sp³-hybridized carbons (Fsp3) is 0.519. The van der Waals surface area contributed by atoms with Crippen LogP contribution in [0, 0.1) is 23.2 Å². The summed E-state index contributed by atoms with van der Waals surface area (Å²) < 4.78 is 28.3. The van der Waals surface area contributed by atoms with Crippen molar-refractivity contribution >= 4 is 22.7 Å². The van der Waals surface area contributed by atoms with E-state index in [4.69, 9.17) is 23.4 Å². The summed E-state index contributed by atoms with van der Waals surface area (Å²) in [5.41, 5.74) is 0.170. The first-order chi connectivity index (χ1) is 16.6. The molecule has 188 valence electrons. The monoisotopic (exact) mass is 484 g/mol. The summed E-state index contributed by atoms with van der Waals surface area (Å²) in [6, 6.07) is 4.70. The van der Waals surface area contributed by atoms with Gasteiger partial charge in [-0.2, -0.15) is 0 Å². The summed E-state index contributed by atoms with van der Waals surface area (Å²) in [7, 11) is 3.00. The van der Waals surface area contributed by atoms with Gasteiger partial charge in [-0.25, -0.2) is 4.79 Å². The van der Waals surface area contributed by atoms with Crippen molar-refractivity contribution in [3.8, 4) is 17.2 Å². The van der Waals surface area contributed by atoms with Crippen LogP contribution in [0.5, 0.6) is 17.2 Å². The van der Waals surface area contributed by atoms with Crippen molar-refractivity contribution in [3.63, 3.8) is 0 Å². The number of benzene rings is 1. The molecule has 0 aliphatic heterocycles. The number of hydrogen-bond donors (Lipinski definition) is 0. The second-order valence-electron chi connectivity index (χ2n) is 9.92. The van der Waals surface area contributed by atoms with Gasteiger partial charge in [-0.3, -0.25) is 9.59 Å². The number of fused-ring (bicyclic) bond motifs is 2. The van der Waals surface area contributed by atoms with Crippen LogP contribution in [0.2, 0.25) is 0 Å². The van der Waals surface area contributed by atoms with E-state index in [0.717, 1.165) is 18.4 Å². The SMILES string of the molecule is C=C1CCC2C(C[C@@H](OC(C)=O)C(=O)C2(C)C)[C@H]1COc1c(OC)cc2ccc(=O)oc2c1OC. The lowest BCUT2D eigenvalue weighted by atomic mass is 9.54.